The van der Waals surface area contributed by atoms with Crippen molar-refractivity contribution in [3.63, 3.8) is 0 Å². The van der Waals surface area contributed by atoms with E-state index in [2.05, 4.69) is 0 Å². The fraction of sp³-hybridized carbons (Fsp3) is 0.154. The standard InChI is InChI=1S/C13H12O5S/c14-13(18-8-9-19(15,16)17)12-7-3-5-10-4-1-2-6-11(10)12/h1-7H,8-9H2,(H,15,16,17). The normalized spacial score (nSPS) is 11.4. The SMILES string of the molecule is O=C(OCCS(=O)(=O)O)c1cccc2ccccc12. The zero-order valence-corrected chi connectivity index (χ0v) is 10.8. The van der Waals surface area contributed by atoms with Gasteiger partial charge < -0.3 is 4.74 Å². The molecular weight excluding hydrogens is 268 g/mol. The van der Waals surface area contributed by atoms with Crippen molar-refractivity contribution in [1.29, 1.82) is 0 Å². The van der Waals surface area contributed by atoms with Gasteiger partial charge in [-0.15, -0.1) is 0 Å². The molecule has 2 rings (SSSR count). The third kappa shape index (κ3) is 3.52. The lowest BCUT2D eigenvalue weighted by atomic mass is 10.1. The third-order valence-corrected chi connectivity index (χ3v) is 3.27. The van der Waals surface area contributed by atoms with Crippen LogP contribution in [0.2, 0.25) is 0 Å². The van der Waals surface area contributed by atoms with Gasteiger partial charge in [-0.2, -0.15) is 8.42 Å². The van der Waals surface area contributed by atoms with E-state index in [4.69, 9.17) is 9.29 Å². The average molecular weight is 280 g/mol. The second-order valence-electron chi connectivity index (χ2n) is 3.95. The van der Waals surface area contributed by atoms with Crippen molar-refractivity contribution in [2.45, 2.75) is 0 Å². The Morgan fingerprint density at radius 3 is 2.53 bits per heavy atom. The topological polar surface area (TPSA) is 80.7 Å². The zero-order valence-electron chi connectivity index (χ0n) is 9.94. The van der Waals surface area contributed by atoms with Crippen molar-refractivity contribution >= 4 is 26.9 Å². The lowest BCUT2D eigenvalue weighted by molar-refractivity contribution is 0.0530. The van der Waals surface area contributed by atoms with Crippen LogP contribution in [0.5, 0.6) is 0 Å². The van der Waals surface area contributed by atoms with Gasteiger partial charge in [0.1, 0.15) is 12.4 Å². The van der Waals surface area contributed by atoms with Gasteiger partial charge >= 0.3 is 5.97 Å². The summed E-state index contributed by atoms with van der Waals surface area (Å²) in [6, 6.07) is 12.5. The molecule has 0 spiro atoms. The molecule has 2 aromatic rings. The number of benzene rings is 2. The van der Waals surface area contributed by atoms with E-state index < -0.39 is 21.8 Å². The summed E-state index contributed by atoms with van der Waals surface area (Å²) in [6.07, 6.45) is 0. The zero-order chi connectivity index (χ0) is 13.9. The molecule has 1 N–H and O–H groups in total. The van der Waals surface area contributed by atoms with Gasteiger partial charge in [-0.1, -0.05) is 36.4 Å². The van der Waals surface area contributed by atoms with Crippen molar-refractivity contribution in [3.8, 4) is 0 Å². The van der Waals surface area contributed by atoms with E-state index in [9.17, 15) is 13.2 Å². The number of ether oxygens (including phenoxy) is 1. The first-order chi connectivity index (χ1) is 8.97. The number of hydrogen-bond acceptors (Lipinski definition) is 4. The molecule has 0 radical (unpaired) electrons. The van der Waals surface area contributed by atoms with E-state index in [1.54, 1.807) is 24.3 Å². The van der Waals surface area contributed by atoms with Crippen LogP contribution in [0.1, 0.15) is 10.4 Å². The Balaban J connectivity index is 2.18. The van der Waals surface area contributed by atoms with Gasteiger partial charge in [0, 0.05) is 0 Å². The Kier molecular flexibility index (Phi) is 3.82. The summed E-state index contributed by atoms with van der Waals surface area (Å²) < 4.78 is 34.4. The Bertz CT molecular complexity index is 701. The summed E-state index contributed by atoms with van der Waals surface area (Å²) >= 11 is 0. The highest BCUT2D eigenvalue weighted by Crippen LogP contribution is 2.19. The van der Waals surface area contributed by atoms with E-state index in [1.165, 1.54) is 0 Å². The summed E-state index contributed by atoms with van der Waals surface area (Å²) in [5.74, 6) is -1.22. The van der Waals surface area contributed by atoms with E-state index in [0.717, 1.165) is 10.8 Å². The number of rotatable bonds is 4. The fourth-order valence-electron chi connectivity index (χ4n) is 1.72. The molecule has 0 saturated heterocycles. The average Bonchev–Trinajstić information content (AvgIpc) is 2.36. The van der Waals surface area contributed by atoms with Crippen molar-refractivity contribution in [1.82, 2.24) is 0 Å². The molecule has 5 nitrogen and oxygen atoms in total. The van der Waals surface area contributed by atoms with Gasteiger partial charge in [-0.3, -0.25) is 4.55 Å². The number of carbonyl (C=O) groups excluding carboxylic acids is 1. The Hall–Kier alpha value is -1.92. The Morgan fingerprint density at radius 1 is 1.11 bits per heavy atom. The molecular formula is C13H12O5S. The maximum absolute atomic E-state index is 11.8. The molecule has 0 atom stereocenters. The van der Waals surface area contributed by atoms with Crippen LogP contribution in [0.3, 0.4) is 0 Å². The van der Waals surface area contributed by atoms with Crippen LogP contribution in [-0.2, 0) is 14.9 Å². The molecule has 0 heterocycles. The predicted octanol–water partition coefficient (Wildman–Crippen LogP) is 1.88. The van der Waals surface area contributed by atoms with E-state index in [-0.39, 0.29) is 6.61 Å². The fourth-order valence-corrected chi connectivity index (χ4v) is 2.01. The van der Waals surface area contributed by atoms with Gasteiger partial charge in [0.25, 0.3) is 10.1 Å². The molecule has 0 aromatic heterocycles. The summed E-state index contributed by atoms with van der Waals surface area (Å²) in [5.41, 5.74) is 0.369. The minimum Gasteiger partial charge on any atom is -0.461 e. The number of carbonyl (C=O) groups is 1. The van der Waals surface area contributed by atoms with Crippen LogP contribution in [0, 0.1) is 0 Å². The van der Waals surface area contributed by atoms with Gasteiger partial charge in [-0.05, 0) is 16.8 Å². The summed E-state index contributed by atoms with van der Waals surface area (Å²) in [6.45, 7) is -0.374. The molecule has 2 aromatic carbocycles. The van der Waals surface area contributed by atoms with Crippen LogP contribution in [-0.4, -0.2) is 31.3 Å². The van der Waals surface area contributed by atoms with E-state index in [1.807, 2.05) is 18.2 Å². The van der Waals surface area contributed by atoms with Crippen LogP contribution in [0.25, 0.3) is 10.8 Å². The van der Waals surface area contributed by atoms with Crippen LogP contribution in [0.4, 0.5) is 0 Å². The molecule has 0 amide bonds. The molecule has 19 heavy (non-hydrogen) atoms. The maximum atomic E-state index is 11.8. The van der Waals surface area contributed by atoms with Crippen molar-refractivity contribution < 1.29 is 22.5 Å². The predicted molar refractivity (Wildman–Crippen MR) is 70.6 cm³/mol. The number of esters is 1. The maximum Gasteiger partial charge on any atom is 0.338 e. The highest BCUT2D eigenvalue weighted by atomic mass is 32.2. The monoisotopic (exact) mass is 280 g/mol. The molecule has 0 aliphatic heterocycles. The van der Waals surface area contributed by atoms with Crippen LogP contribution < -0.4 is 0 Å². The number of fused-ring (bicyclic) bond motifs is 1. The van der Waals surface area contributed by atoms with Gasteiger partial charge in [-0.25, -0.2) is 4.79 Å². The molecule has 0 bridgehead atoms. The molecule has 0 aliphatic carbocycles. The molecule has 0 unspecified atom stereocenters. The first-order valence-corrected chi connectivity index (χ1v) is 7.18. The van der Waals surface area contributed by atoms with Gasteiger partial charge in [0.05, 0.1) is 5.56 Å². The Labute approximate surface area is 110 Å². The second-order valence-corrected chi connectivity index (χ2v) is 5.52. The van der Waals surface area contributed by atoms with E-state index >= 15 is 0 Å². The summed E-state index contributed by atoms with van der Waals surface area (Å²) in [5, 5.41) is 1.63. The van der Waals surface area contributed by atoms with Gasteiger partial charge in [0.15, 0.2) is 0 Å². The minimum absolute atomic E-state index is 0.369. The van der Waals surface area contributed by atoms with Crippen molar-refractivity contribution in [2.75, 3.05) is 12.4 Å². The second kappa shape index (κ2) is 5.38. The first kappa shape index (κ1) is 13.5. The van der Waals surface area contributed by atoms with Crippen LogP contribution in [0.15, 0.2) is 42.5 Å². The molecule has 100 valence electrons. The quantitative estimate of drug-likeness (QED) is 0.683. The molecule has 6 heteroatoms. The first-order valence-electron chi connectivity index (χ1n) is 5.57. The Morgan fingerprint density at radius 2 is 1.79 bits per heavy atom. The third-order valence-electron chi connectivity index (χ3n) is 2.58. The van der Waals surface area contributed by atoms with Crippen molar-refractivity contribution in [2.24, 2.45) is 0 Å². The van der Waals surface area contributed by atoms with E-state index in [0.29, 0.717) is 5.56 Å². The number of hydrogen-bond donors (Lipinski definition) is 1. The van der Waals surface area contributed by atoms with Crippen LogP contribution >= 0.6 is 0 Å². The summed E-state index contributed by atoms with van der Waals surface area (Å²) in [4.78, 5) is 11.8. The molecule has 0 fully saturated rings. The highest BCUT2D eigenvalue weighted by Gasteiger charge is 2.12. The van der Waals surface area contributed by atoms with Gasteiger partial charge in [0.2, 0.25) is 0 Å². The lowest BCUT2D eigenvalue weighted by Gasteiger charge is -2.06. The molecule has 0 aliphatic rings. The summed E-state index contributed by atoms with van der Waals surface area (Å²) in [7, 11) is -4.12. The van der Waals surface area contributed by atoms with Crippen molar-refractivity contribution in [3.05, 3.63) is 48.0 Å². The minimum atomic E-state index is -4.12. The highest BCUT2D eigenvalue weighted by molar-refractivity contribution is 7.85. The smallest absolute Gasteiger partial charge is 0.338 e. The molecule has 0 saturated carbocycles. The lowest BCUT2D eigenvalue weighted by Crippen LogP contribution is -2.14. The largest absolute Gasteiger partial charge is 0.461 e.